The minimum atomic E-state index is -0.273. The van der Waals surface area contributed by atoms with Gasteiger partial charge in [0.25, 0.3) is 0 Å². The molecular formula is C14H24N2. The van der Waals surface area contributed by atoms with Crippen molar-refractivity contribution >= 4 is 0 Å². The van der Waals surface area contributed by atoms with Crippen LogP contribution >= 0.6 is 0 Å². The molecule has 1 atom stereocenters. The van der Waals surface area contributed by atoms with Crippen molar-refractivity contribution in [3.05, 3.63) is 35.9 Å². The summed E-state index contributed by atoms with van der Waals surface area (Å²) in [4.78, 5) is 2.30. The molecule has 1 aromatic rings. The molecule has 2 N–H and O–H groups in total. The van der Waals surface area contributed by atoms with Crippen LogP contribution in [0.5, 0.6) is 0 Å². The smallest absolute Gasteiger partial charge is 0.0509 e. The number of rotatable bonds is 5. The van der Waals surface area contributed by atoms with E-state index < -0.39 is 0 Å². The topological polar surface area (TPSA) is 29.3 Å². The monoisotopic (exact) mass is 220 g/mol. The third-order valence-electron chi connectivity index (χ3n) is 2.71. The first-order valence-corrected chi connectivity index (χ1v) is 5.95. The van der Waals surface area contributed by atoms with Crippen molar-refractivity contribution in [3.8, 4) is 0 Å². The van der Waals surface area contributed by atoms with Gasteiger partial charge in [-0.15, -0.1) is 0 Å². The van der Waals surface area contributed by atoms with Gasteiger partial charge in [-0.2, -0.15) is 0 Å². The van der Waals surface area contributed by atoms with Gasteiger partial charge in [0.1, 0.15) is 0 Å². The summed E-state index contributed by atoms with van der Waals surface area (Å²) in [5.74, 6) is 0.677. The molecule has 1 rings (SSSR count). The van der Waals surface area contributed by atoms with Gasteiger partial charge in [0.2, 0.25) is 0 Å². The maximum atomic E-state index is 6.37. The van der Waals surface area contributed by atoms with Crippen molar-refractivity contribution in [1.82, 2.24) is 4.90 Å². The van der Waals surface area contributed by atoms with Crippen molar-refractivity contribution in [1.29, 1.82) is 0 Å². The number of benzene rings is 1. The summed E-state index contributed by atoms with van der Waals surface area (Å²) < 4.78 is 0. The van der Waals surface area contributed by atoms with Crippen LogP contribution in [0.2, 0.25) is 0 Å². The highest BCUT2D eigenvalue weighted by atomic mass is 15.1. The lowest BCUT2D eigenvalue weighted by atomic mass is 9.92. The van der Waals surface area contributed by atoms with Gasteiger partial charge < -0.3 is 10.6 Å². The van der Waals surface area contributed by atoms with E-state index in [2.05, 4.69) is 44.9 Å². The molecule has 0 aliphatic carbocycles. The van der Waals surface area contributed by atoms with Crippen molar-refractivity contribution in [2.45, 2.75) is 26.3 Å². The minimum absolute atomic E-state index is 0.273. The zero-order valence-corrected chi connectivity index (χ0v) is 10.9. The summed E-state index contributed by atoms with van der Waals surface area (Å²) in [6.45, 7) is 8.52. The van der Waals surface area contributed by atoms with Crippen LogP contribution in [-0.2, 0) is 5.54 Å². The Bertz CT molecular complexity index is 304. The summed E-state index contributed by atoms with van der Waals surface area (Å²) in [6, 6.07) is 10.3. The molecule has 0 aliphatic rings. The van der Waals surface area contributed by atoms with E-state index in [1.54, 1.807) is 0 Å². The maximum absolute atomic E-state index is 6.37. The third-order valence-corrected chi connectivity index (χ3v) is 2.71. The van der Waals surface area contributed by atoms with E-state index in [1.165, 1.54) is 5.56 Å². The first-order chi connectivity index (χ1) is 7.42. The molecule has 0 heterocycles. The molecule has 0 saturated heterocycles. The van der Waals surface area contributed by atoms with Crippen LogP contribution in [0, 0.1) is 5.92 Å². The zero-order valence-electron chi connectivity index (χ0n) is 10.9. The largest absolute Gasteiger partial charge is 0.321 e. The highest BCUT2D eigenvalue weighted by molar-refractivity contribution is 5.23. The molecule has 2 nitrogen and oxygen atoms in total. The van der Waals surface area contributed by atoms with Crippen LogP contribution in [-0.4, -0.2) is 25.0 Å². The van der Waals surface area contributed by atoms with Gasteiger partial charge in [-0.3, -0.25) is 0 Å². The summed E-state index contributed by atoms with van der Waals surface area (Å²) in [6.07, 6.45) is 0. The molecular weight excluding hydrogens is 196 g/mol. The number of likely N-dealkylation sites (N-methyl/N-ethyl adjacent to an activating group) is 1. The lowest BCUT2D eigenvalue weighted by Crippen LogP contribution is -2.44. The Balaban J connectivity index is 2.65. The fourth-order valence-corrected chi connectivity index (χ4v) is 2.16. The van der Waals surface area contributed by atoms with Gasteiger partial charge in [-0.25, -0.2) is 0 Å². The van der Waals surface area contributed by atoms with Crippen LogP contribution in [0.15, 0.2) is 30.3 Å². The standard InChI is InChI=1S/C14H24N2/c1-12(2)10-16(4)11-14(3,15)13-8-6-5-7-9-13/h5-9,12H,10-11,15H2,1-4H3. The second-order valence-electron chi connectivity index (χ2n) is 5.37. The van der Waals surface area contributed by atoms with Crippen molar-refractivity contribution in [3.63, 3.8) is 0 Å². The number of nitrogens with zero attached hydrogens (tertiary/aromatic N) is 1. The lowest BCUT2D eigenvalue weighted by molar-refractivity contribution is 0.236. The Labute approximate surface area is 99.5 Å². The van der Waals surface area contributed by atoms with E-state index in [1.807, 2.05) is 18.2 Å². The lowest BCUT2D eigenvalue weighted by Gasteiger charge is -2.31. The summed E-state index contributed by atoms with van der Waals surface area (Å²) in [5.41, 5.74) is 7.30. The SMILES string of the molecule is CC(C)CN(C)CC(C)(N)c1ccccc1. The molecule has 1 unspecified atom stereocenters. The molecule has 0 saturated carbocycles. The molecule has 2 heteroatoms. The van der Waals surface area contributed by atoms with Crippen LogP contribution in [0.1, 0.15) is 26.3 Å². The number of nitrogens with two attached hydrogens (primary N) is 1. The molecule has 16 heavy (non-hydrogen) atoms. The maximum Gasteiger partial charge on any atom is 0.0509 e. The average Bonchev–Trinajstić information content (AvgIpc) is 2.16. The van der Waals surface area contributed by atoms with Crippen LogP contribution < -0.4 is 5.73 Å². The number of hydrogen-bond donors (Lipinski definition) is 1. The van der Waals surface area contributed by atoms with E-state index in [9.17, 15) is 0 Å². The van der Waals surface area contributed by atoms with Gasteiger partial charge >= 0.3 is 0 Å². The van der Waals surface area contributed by atoms with Crippen LogP contribution in [0.25, 0.3) is 0 Å². The fraction of sp³-hybridized carbons (Fsp3) is 0.571. The molecule has 0 bridgehead atoms. The predicted molar refractivity (Wildman–Crippen MR) is 70.3 cm³/mol. The Morgan fingerprint density at radius 1 is 1.25 bits per heavy atom. The molecule has 1 aromatic carbocycles. The summed E-state index contributed by atoms with van der Waals surface area (Å²) in [7, 11) is 2.13. The summed E-state index contributed by atoms with van der Waals surface area (Å²) >= 11 is 0. The molecule has 90 valence electrons. The van der Waals surface area contributed by atoms with Gasteiger partial charge in [-0.05, 0) is 25.5 Å². The van der Waals surface area contributed by atoms with E-state index in [4.69, 9.17) is 5.73 Å². The fourth-order valence-electron chi connectivity index (χ4n) is 2.16. The van der Waals surface area contributed by atoms with Crippen molar-refractivity contribution in [2.24, 2.45) is 11.7 Å². The normalized spacial score (nSPS) is 15.4. The van der Waals surface area contributed by atoms with Gasteiger partial charge in [-0.1, -0.05) is 44.2 Å². The Morgan fingerprint density at radius 2 is 1.81 bits per heavy atom. The third kappa shape index (κ3) is 3.95. The quantitative estimate of drug-likeness (QED) is 0.826. The van der Waals surface area contributed by atoms with E-state index in [0.717, 1.165) is 13.1 Å². The second-order valence-corrected chi connectivity index (χ2v) is 5.37. The highest BCUT2D eigenvalue weighted by Crippen LogP contribution is 2.18. The van der Waals surface area contributed by atoms with E-state index in [-0.39, 0.29) is 5.54 Å². The Morgan fingerprint density at radius 3 is 2.31 bits per heavy atom. The molecule has 0 fully saturated rings. The van der Waals surface area contributed by atoms with Crippen LogP contribution in [0.3, 0.4) is 0 Å². The van der Waals surface area contributed by atoms with Gasteiger partial charge in [0.05, 0.1) is 5.54 Å². The summed E-state index contributed by atoms with van der Waals surface area (Å²) in [5, 5.41) is 0. The average molecular weight is 220 g/mol. The predicted octanol–water partition coefficient (Wildman–Crippen LogP) is 2.45. The Kier molecular flexibility index (Phi) is 4.51. The highest BCUT2D eigenvalue weighted by Gasteiger charge is 2.22. The molecule has 0 aliphatic heterocycles. The molecule has 0 aromatic heterocycles. The van der Waals surface area contributed by atoms with Crippen molar-refractivity contribution in [2.75, 3.05) is 20.1 Å². The van der Waals surface area contributed by atoms with Gasteiger partial charge in [0.15, 0.2) is 0 Å². The molecule has 0 spiro atoms. The van der Waals surface area contributed by atoms with E-state index in [0.29, 0.717) is 5.92 Å². The zero-order chi connectivity index (χ0) is 12.2. The molecule has 0 amide bonds. The first kappa shape index (κ1) is 13.2. The van der Waals surface area contributed by atoms with Crippen molar-refractivity contribution < 1.29 is 0 Å². The Hall–Kier alpha value is -0.860. The van der Waals surface area contributed by atoms with Crippen LogP contribution in [0.4, 0.5) is 0 Å². The molecule has 0 radical (unpaired) electrons. The van der Waals surface area contributed by atoms with E-state index >= 15 is 0 Å². The second kappa shape index (κ2) is 5.46. The first-order valence-electron chi connectivity index (χ1n) is 5.95. The number of hydrogen-bond acceptors (Lipinski definition) is 2. The minimum Gasteiger partial charge on any atom is -0.321 e. The van der Waals surface area contributed by atoms with Gasteiger partial charge in [0, 0.05) is 13.1 Å².